The number of aromatic amines is 1. The van der Waals surface area contributed by atoms with E-state index in [9.17, 15) is 4.79 Å². The van der Waals surface area contributed by atoms with Gasteiger partial charge in [-0.25, -0.2) is 15.0 Å². The molecule has 230 valence electrons. The van der Waals surface area contributed by atoms with E-state index >= 15 is 0 Å². The van der Waals surface area contributed by atoms with Gasteiger partial charge in [0.15, 0.2) is 5.82 Å². The molecule has 1 saturated carbocycles. The summed E-state index contributed by atoms with van der Waals surface area (Å²) in [5.74, 6) is 2.34. The molecule has 3 aliphatic rings. The molecule has 13 nitrogen and oxygen atoms in total. The summed E-state index contributed by atoms with van der Waals surface area (Å²) in [5.41, 5.74) is 5.51. The Balaban J connectivity index is 0.921. The van der Waals surface area contributed by atoms with E-state index in [1.165, 1.54) is 5.69 Å². The topological polar surface area (TPSA) is 151 Å². The number of ether oxygens (including phenoxy) is 1. The van der Waals surface area contributed by atoms with Crippen LogP contribution in [0.15, 0.2) is 48.9 Å². The molecule has 5 aromatic rings. The fraction of sp³-hybridized carbons (Fsp3) is 0.375. The quantitative estimate of drug-likeness (QED) is 0.182. The van der Waals surface area contributed by atoms with Crippen molar-refractivity contribution >= 4 is 40.2 Å². The number of anilines is 4. The number of likely N-dealkylation sites (tertiary alicyclic amines) is 1. The molecule has 1 aliphatic carbocycles. The van der Waals surface area contributed by atoms with Gasteiger partial charge in [0.05, 0.1) is 23.4 Å². The van der Waals surface area contributed by atoms with Crippen LogP contribution in [0.4, 0.5) is 23.4 Å². The van der Waals surface area contributed by atoms with Gasteiger partial charge in [0.25, 0.3) is 0 Å². The lowest BCUT2D eigenvalue weighted by atomic mass is 10.1. The fourth-order valence-electron chi connectivity index (χ4n) is 6.15. The van der Waals surface area contributed by atoms with E-state index in [2.05, 4.69) is 52.0 Å². The summed E-state index contributed by atoms with van der Waals surface area (Å²) < 4.78 is 8.16. The van der Waals surface area contributed by atoms with E-state index in [1.807, 2.05) is 42.2 Å². The number of fused-ring (bicyclic) bond motifs is 2. The highest BCUT2D eigenvalue weighted by Gasteiger charge is 2.27. The number of aromatic nitrogens is 7. The van der Waals surface area contributed by atoms with Gasteiger partial charge in [0, 0.05) is 73.0 Å². The Morgan fingerprint density at radius 2 is 2.04 bits per heavy atom. The van der Waals surface area contributed by atoms with E-state index in [4.69, 9.17) is 9.72 Å². The third-order valence-electron chi connectivity index (χ3n) is 8.55. The first-order chi connectivity index (χ1) is 22.0. The van der Waals surface area contributed by atoms with Crippen LogP contribution in [0.5, 0.6) is 5.88 Å². The first-order valence-electron chi connectivity index (χ1n) is 15.6. The van der Waals surface area contributed by atoms with Crippen LogP contribution < -0.4 is 20.7 Å². The molecule has 1 unspecified atom stereocenters. The van der Waals surface area contributed by atoms with Crippen LogP contribution in [0, 0.1) is 6.92 Å². The molecule has 0 radical (unpaired) electrons. The van der Waals surface area contributed by atoms with Crippen LogP contribution in [-0.2, 0) is 17.8 Å². The van der Waals surface area contributed by atoms with Crippen molar-refractivity contribution < 1.29 is 9.53 Å². The average molecular weight is 606 g/mol. The summed E-state index contributed by atoms with van der Waals surface area (Å²) in [6.45, 7) is 4.65. The van der Waals surface area contributed by atoms with Gasteiger partial charge < -0.3 is 25.7 Å². The molecule has 13 heteroatoms. The number of nitrogens with zero attached hydrogens (tertiary/aromatic N) is 7. The zero-order chi connectivity index (χ0) is 30.3. The maximum absolute atomic E-state index is 13.2. The van der Waals surface area contributed by atoms with Gasteiger partial charge in [0.2, 0.25) is 23.7 Å². The van der Waals surface area contributed by atoms with Crippen LogP contribution in [0.25, 0.3) is 22.2 Å². The molecule has 4 N–H and O–H groups in total. The van der Waals surface area contributed by atoms with Crippen molar-refractivity contribution in [1.29, 1.82) is 0 Å². The highest BCUT2D eigenvalue weighted by Crippen LogP contribution is 2.34. The van der Waals surface area contributed by atoms with Gasteiger partial charge in [-0.05, 0) is 50.7 Å². The van der Waals surface area contributed by atoms with E-state index < -0.39 is 0 Å². The van der Waals surface area contributed by atoms with Crippen molar-refractivity contribution in [2.24, 2.45) is 0 Å². The van der Waals surface area contributed by atoms with Gasteiger partial charge in [-0.3, -0.25) is 14.4 Å². The molecule has 1 atom stereocenters. The van der Waals surface area contributed by atoms with Gasteiger partial charge in [0.1, 0.15) is 6.10 Å². The average Bonchev–Trinajstić information content (AvgIpc) is 3.36. The Kier molecular flexibility index (Phi) is 7.01. The van der Waals surface area contributed by atoms with Gasteiger partial charge in [-0.2, -0.15) is 10.1 Å². The minimum atomic E-state index is -0.0751. The third-order valence-corrected chi connectivity index (χ3v) is 8.55. The maximum Gasteiger partial charge on any atom is 0.238 e. The van der Waals surface area contributed by atoms with Crippen molar-refractivity contribution in [2.45, 2.75) is 57.7 Å². The molecule has 0 bridgehead atoms. The van der Waals surface area contributed by atoms with Crippen molar-refractivity contribution in [3.63, 3.8) is 0 Å². The lowest BCUT2D eigenvalue weighted by molar-refractivity contribution is -0.117. The van der Waals surface area contributed by atoms with Crippen LogP contribution in [-0.4, -0.2) is 77.3 Å². The molecular formula is C32H35N11O2. The van der Waals surface area contributed by atoms with E-state index in [0.29, 0.717) is 30.4 Å². The molecule has 1 amide bonds. The van der Waals surface area contributed by atoms with E-state index in [1.54, 1.807) is 12.3 Å². The van der Waals surface area contributed by atoms with Crippen molar-refractivity contribution in [1.82, 2.24) is 39.6 Å². The van der Waals surface area contributed by atoms with Gasteiger partial charge >= 0.3 is 0 Å². The monoisotopic (exact) mass is 605 g/mol. The Morgan fingerprint density at radius 3 is 2.93 bits per heavy atom. The van der Waals surface area contributed by atoms with E-state index in [-0.39, 0.29) is 18.6 Å². The molecular weight excluding hydrogens is 570 g/mol. The van der Waals surface area contributed by atoms with E-state index in [0.717, 1.165) is 84.4 Å². The summed E-state index contributed by atoms with van der Waals surface area (Å²) in [5, 5.41) is 15.3. The number of rotatable bonds is 10. The summed E-state index contributed by atoms with van der Waals surface area (Å²) >= 11 is 0. The number of nitrogens with one attached hydrogen (secondary N) is 4. The lowest BCUT2D eigenvalue weighted by Gasteiger charge is -2.17. The zero-order valence-electron chi connectivity index (χ0n) is 25.1. The summed E-state index contributed by atoms with van der Waals surface area (Å²) in [7, 11) is 0. The van der Waals surface area contributed by atoms with Crippen LogP contribution in [0.3, 0.4) is 0 Å². The predicted molar refractivity (Wildman–Crippen MR) is 171 cm³/mol. The minimum Gasteiger partial charge on any atom is -0.473 e. The summed E-state index contributed by atoms with van der Waals surface area (Å²) in [6, 6.07) is 10.2. The second kappa shape index (κ2) is 11.5. The molecule has 45 heavy (non-hydrogen) atoms. The number of benzene rings is 1. The molecule has 2 aliphatic heterocycles. The van der Waals surface area contributed by atoms with Crippen molar-refractivity contribution in [2.75, 3.05) is 35.6 Å². The molecule has 6 heterocycles. The third kappa shape index (κ3) is 5.90. The minimum absolute atomic E-state index is 0.0270. The second-order valence-corrected chi connectivity index (χ2v) is 12.1. The molecule has 4 aromatic heterocycles. The second-order valence-electron chi connectivity index (χ2n) is 12.1. The Labute approximate surface area is 259 Å². The maximum atomic E-state index is 13.2. The van der Waals surface area contributed by atoms with Crippen LogP contribution in [0.1, 0.15) is 36.9 Å². The number of carbonyl (C=O) groups is 1. The Morgan fingerprint density at radius 1 is 1.11 bits per heavy atom. The number of carbonyl (C=O) groups excluding carboxylic acids is 1. The highest BCUT2D eigenvalue weighted by molar-refractivity contribution is 6.06. The Hall–Kier alpha value is -5.04. The van der Waals surface area contributed by atoms with Gasteiger partial charge in [-0.1, -0.05) is 12.1 Å². The fourth-order valence-corrected chi connectivity index (χ4v) is 6.15. The first-order valence-corrected chi connectivity index (χ1v) is 15.6. The molecule has 2 fully saturated rings. The van der Waals surface area contributed by atoms with Crippen LogP contribution in [0.2, 0.25) is 0 Å². The zero-order valence-corrected chi connectivity index (χ0v) is 25.1. The Bertz CT molecular complexity index is 1860. The molecule has 1 saturated heterocycles. The predicted octanol–water partition coefficient (Wildman–Crippen LogP) is 4.28. The normalized spacial score (nSPS) is 17.8. The standard InChI is InChI=1S/C32H35N11O2/c1-19-15-35-32(38-26-14-21-4-3-12-43(21)41-26)40-29(19)24-16-34-30-23(24)5-2-6-25(30)37-27(44)18-42-13-10-22(17-42)45-28-9-11-33-31(39-28)36-20-7-8-20/h2,5-6,9,11,14-16,20,22,34H,3-4,7-8,10,12-13,17-18H2,1H3,(H,37,44)(H,33,36,39)(H,35,38,40,41). The first kappa shape index (κ1) is 27.5. The number of para-hydroxylation sites is 1. The van der Waals surface area contributed by atoms with Gasteiger partial charge in [-0.15, -0.1) is 0 Å². The lowest BCUT2D eigenvalue weighted by Crippen LogP contribution is -2.33. The summed E-state index contributed by atoms with van der Waals surface area (Å²) in [4.78, 5) is 36.8. The number of hydrogen-bond donors (Lipinski definition) is 4. The number of amides is 1. The number of H-pyrrole nitrogens is 1. The number of aryl methyl sites for hydroxylation is 3. The smallest absolute Gasteiger partial charge is 0.238 e. The number of hydrogen-bond acceptors (Lipinski definition) is 10. The highest BCUT2D eigenvalue weighted by atomic mass is 16.5. The van der Waals surface area contributed by atoms with Crippen molar-refractivity contribution in [3.05, 3.63) is 60.2 Å². The van der Waals surface area contributed by atoms with Crippen molar-refractivity contribution in [3.8, 4) is 17.1 Å². The molecule has 0 spiro atoms. The molecule has 8 rings (SSSR count). The van der Waals surface area contributed by atoms with Crippen LogP contribution >= 0.6 is 0 Å². The summed E-state index contributed by atoms with van der Waals surface area (Å²) in [6.07, 6.45) is 10.8. The largest absolute Gasteiger partial charge is 0.473 e. The molecule has 1 aromatic carbocycles. The SMILES string of the molecule is Cc1cnc(Nc2cc3n(n2)CCC3)nc1-c1c[nH]c2c(NC(=O)CN3CCC(Oc4ccnc(NC5CC5)n4)C3)cccc12.